The molecule has 0 saturated carbocycles. The zero-order valence-corrected chi connectivity index (χ0v) is 12.3. The second-order valence-electron chi connectivity index (χ2n) is 4.65. The molecule has 0 saturated heterocycles. The molecule has 0 aliphatic rings. The van der Waals surface area contributed by atoms with Crippen molar-refractivity contribution in [2.75, 3.05) is 39.2 Å². The van der Waals surface area contributed by atoms with Gasteiger partial charge in [0.15, 0.2) is 5.69 Å². The maximum Gasteiger partial charge on any atom is 0.358 e. The van der Waals surface area contributed by atoms with Gasteiger partial charge in [0.05, 0.1) is 19.5 Å². The van der Waals surface area contributed by atoms with E-state index in [0.29, 0.717) is 6.04 Å². The Labute approximate surface area is 114 Å². The average molecular weight is 266 g/mol. The minimum Gasteiger partial charge on any atom is -0.464 e. The van der Waals surface area contributed by atoms with Crippen LogP contribution in [0.25, 0.3) is 0 Å². The Hall–Kier alpha value is -1.69. The lowest BCUT2D eigenvalue weighted by atomic mass is 10.2. The maximum absolute atomic E-state index is 11.3. The molecule has 1 aromatic heterocycles. The average Bonchev–Trinajstić information content (AvgIpc) is 2.38. The number of anilines is 1. The minimum atomic E-state index is -0.469. The van der Waals surface area contributed by atoms with Gasteiger partial charge in [0, 0.05) is 19.1 Å². The summed E-state index contributed by atoms with van der Waals surface area (Å²) < 4.78 is 4.60. The number of rotatable bonds is 6. The lowest BCUT2D eigenvalue weighted by Gasteiger charge is -2.30. The van der Waals surface area contributed by atoms with Crippen LogP contribution in [-0.4, -0.2) is 61.2 Å². The summed E-state index contributed by atoms with van der Waals surface area (Å²) in [4.78, 5) is 24.0. The first kappa shape index (κ1) is 15.4. The van der Waals surface area contributed by atoms with E-state index in [4.69, 9.17) is 0 Å². The van der Waals surface area contributed by atoms with Crippen LogP contribution >= 0.6 is 0 Å². The van der Waals surface area contributed by atoms with Gasteiger partial charge in [0.2, 0.25) is 0 Å². The molecule has 0 bridgehead atoms. The number of likely N-dealkylation sites (N-methyl/N-ethyl adjacent to an activating group) is 2. The topological polar surface area (TPSA) is 58.6 Å². The van der Waals surface area contributed by atoms with Crippen LogP contribution in [-0.2, 0) is 4.74 Å². The van der Waals surface area contributed by atoms with Gasteiger partial charge in [0.1, 0.15) is 5.82 Å². The molecule has 106 valence electrons. The van der Waals surface area contributed by atoms with Crippen LogP contribution in [0.3, 0.4) is 0 Å². The van der Waals surface area contributed by atoms with Crippen LogP contribution < -0.4 is 4.90 Å². The van der Waals surface area contributed by atoms with Crippen LogP contribution in [0.2, 0.25) is 0 Å². The Bertz CT molecular complexity index is 406. The molecule has 0 aromatic carbocycles. The number of hydrogen-bond acceptors (Lipinski definition) is 6. The van der Waals surface area contributed by atoms with Crippen molar-refractivity contribution in [3.63, 3.8) is 0 Å². The monoisotopic (exact) mass is 266 g/mol. The van der Waals surface area contributed by atoms with E-state index in [9.17, 15) is 4.79 Å². The zero-order valence-electron chi connectivity index (χ0n) is 12.3. The molecule has 0 aliphatic heterocycles. The zero-order chi connectivity index (χ0) is 14.4. The van der Waals surface area contributed by atoms with E-state index in [2.05, 4.69) is 38.4 Å². The van der Waals surface area contributed by atoms with Crippen molar-refractivity contribution in [1.82, 2.24) is 14.9 Å². The number of hydrogen-bond donors (Lipinski definition) is 0. The van der Waals surface area contributed by atoms with Crippen molar-refractivity contribution < 1.29 is 9.53 Å². The van der Waals surface area contributed by atoms with Gasteiger partial charge in [-0.3, -0.25) is 0 Å². The highest BCUT2D eigenvalue weighted by Crippen LogP contribution is 2.13. The first-order chi connectivity index (χ1) is 8.99. The Morgan fingerprint density at radius 2 is 2.05 bits per heavy atom. The predicted octanol–water partition coefficient (Wildman–Crippen LogP) is 1.04. The van der Waals surface area contributed by atoms with Gasteiger partial charge in [-0.05, 0) is 27.9 Å². The van der Waals surface area contributed by atoms with Gasteiger partial charge in [-0.25, -0.2) is 14.8 Å². The van der Waals surface area contributed by atoms with Crippen molar-refractivity contribution in [3.05, 3.63) is 18.1 Å². The standard InChI is InChI=1S/C13H22N4O2/c1-6-17(10(2)9-16(3)4)12-8-14-11(7-15-12)13(18)19-5/h7-8,10H,6,9H2,1-5H3. The summed E-state index contributed by atoms with van der Waals surface area (Å²) in [7, 11) is 5.40. The highest BCUT2D eigenvalue weighted by Gasteiger charge is 2.16. The minimum absolute atomic E-state index is 0.225. The highest BCUT2D eigenvalue weighted by atomic mass is 16.5. The third-order valence-corrected chi connectivity index (χ3v) is 2.83. The van der Waals surface area contributed by atoms with Crippen molar-refractivity contribution in [3.8, 4) is 0 Å². The van der Waals surface area contributed by atoms with E-state index >= 15 is 0 Å². The predicted molar refractivity (Wildman–Crippen MR) is 74.4 cm³/mol. The summed E-state index contributed by atoms with van der Waals surface area (Å²) in [6, 6.07) is 0.318. The van der Waals surface area contributed by atoms with E-state index in [0.717, 1.165) is 18.9 Å². The fourth-order valence-electron chi connectivity index (χ4n) is 2.01. The molecule has 0 fully saturated rings. The fourth-order valence-corrected chi connectivity index (χ4v) is 2.01. The van der Waals surface area contributed by atoms with Gasteiger partial charge in [-0.2, -0.15) is 0 Å². The second kappa shape index (κ2) is 7.04. The van der Waals surface area contributed by atoms with E-state index in [1.54, 1.807) is 6.20 Å². The van der Waals surface area contributed by atoms with Gasteiger partial charge in [-0.15, -0.1) is 0 Å². The number of methoxy groups -OCH3 is 1. The number of nitrogens with zero attached hydrogens (tertiary/aromatic N) is 4. The third-order valence-electron chi connectivity index (χ3n) is 2.83. The summed E-state index contributed by atoms with van der Waals surface area (Å²) in [6.07, 6.45) is 3.06. The van der Waals surface area contributed by atoms with Gasteiger partial charge in [0.25, 0.3) is 0 Å². The van der Waals surface area contributed by atoms with Crippen LogP contribution in [0.5, 0.6) is 0 Å². The molecule has 0 aliphatic carbocycles. The summed E-state index contributed by atoms with van der Waals surface area (Å²) in [5.41, 5.74) is 0.225. The maximum atomic E-state index is 11.3. The molecule has 1 rings (SSSR count). The van der Waals surface area contributed by atoms with Crippen molar-refractivity contribution in [1.29, 1.82) is 0 Å². The van der Waals surface area contributed by atoms with E-state index in [-0.39, 0.29) is 5.69 Å². The first-order valence-corrected chi connectivity index (χ1v) is 6.31. The Balaban J connectivity index is 2.84. The normalized spacial score (nSPS) is 12.3. The summed E-state index contributed by atoms with van der Waals surface area (Å²) in [5, 5.41) is 0. The largest absolute Gasteiger partial charge is 0.464 e. The van der Waals surface area contributed by atoms with Gasteiger partial charge >= 0.3 is 5.97 Å². The Morgan fingerprint density at radius 1 is 1.37 bits per heavy atom. The molecule has 0 N–H and O–H groups in total. The quantitative estimate of drug-likeness (QED) is 0.717. The molecular formula is C13H22N4O2. The SMILES string of the molecule is CCN(c1cnc(C(=O)OC)cn1)C(C)CN(C)C. The van der Waals surface area contributed by atoms with E-state index in [1.807, 2.05) is 14.1 Å². The third kappa shape index (κ3) is 4.17. The Kier molecular flexibility index (Phi) is 5.69. The number of carbonyl (C=O) groups is 1. The molecule has 19 heavy (non-hydrogen) atoms. The lowest BCUT2D eigenvalue weighted by molar-refractivity contribution is 0.0593. The first-order valence-electron chi connectivity index (χ1n) is 6.31. The summed E-state index contributed by atoms with van der Waals surface area (Å²) in [5.74, 6) is 0.299. The summed E-state index contributed by atoms with van der Waals surface area (Å²) >= 11 is 0. The molecular weight excluding hydrogens is 244 g/mol. The van der Waals surface area contributed by atoms with E-state index in [1.165, 1.54) is 13.3 Å². The number of aromatic nitrogens is 2. The molecule has 1 atom stereocenters. The highest BCUT2D eigenvalue weighted by molar-refractivity contribution is 5.86. The molecule has 6 heteroatoms. The van der Waals surface area contributed by atoms with Gasteiger partial charge < -0.3 is 14.5 Å². The van der Waals surface area contributed by atoms with Crippen molar-refractivity contribution in [2.45, 2.75) is 19.9 Å². The van der Waals surface area contributed by atoms with Crippen molar-refractivity contribution >= 4 is 11.8 Å². The number of carbonyl (C=O) groups excluding carboxylic acids is 1. The van der Waals surface area contributed by atoms with Crippen LogP contribution in [0.1, 0.15) is 24.3 Å². The molecule has 1 aromatic rings. The van der Waals surface area contributed by atoms with Crippen LogP contribution in [0.15, 0.2) is 12.4 Å². The molecule has 0 radical (unpaired) electrons. The molecule has 6 nitrogen and oxygen atoms in total. The summed E-state index contributed by atoms with van der Waals surface area (Å²) in [6.45, 7) is 5.97. The van der Waals surface area contributed by atoms with Gasteiger partial charge in [-0.1, -0.05) is 0 Å². The molecule has 0 amide bonds. The van der Waals surface area contributed by atoms with Crippen molar-refractivity contribution in [2.24, 2.45) is 0 Å². The molecule has 0 spiro atoms. The number of ether oxygens (including phenoxy) is 1. The fraction of sp³-hybridized carbons (Fsp3) is 0.615. The molecule has 1 heterocycles. The van der Waals surface area contributed by atoms with E-state index < -0.39 is 5.97 Å². The smallest absolute Gasteiger partial charge is 0.358 e. The lowest BCUT2D eigenvalue weighted by Crippen LogP contribution is -2.40. The number of esters is 1. The molecule has 1 unspecified atom stereocenters. The Morgan fingerprint density at radius 3 is 2.47 bits per heavy atom. The second-order valence-corrected chi connectivity index (χ2v) is 4.65. The van der Waals surface area contributed by atoms with Crippen LogP contribution in [0, 0.1) is 0 Å². The van der Waals surface area contributed by atoms with Crippen LogP contribution in [0.4, 0.5) is 5.82 Å².